The highest BCUT2D eigenvalue weighted by Gasteiger charge is 2.41. The first kappa shape index (κ1) is 19.5. The molecule has 30 heavy (non-hydrogen) atoms. The molecule has 2 aromatic heterocycles. The number of pyridine rings is 1. The van der Waals surface area contributed by atoms with Crippen LogP contribution < -0.4 is 15.1 Å². The Balaban J connectivity index is 1.51. The summed E-state index contributed by atoms with van der Waals surface area (Å²) in [6.07, 6.45) is 1.85. The number of benzene rings is 1. The van der Waals surface area contributed by atoms with Crippen molar-refractivity contribution in [2.24, 2.45) is 0 Å². The van der Waals surface area contributed by atoms with Crippen molar-refractivity contribution in [1.29, 1.82) is 0 Å². The van der Waals surface area contributed by atoms with Gasteiger partial charge in [-0.15, -0.1) is 11.3 Å². The summed E-state index contributed by atoms with van der Waals surface area (Å²) in [5.41, 5.74) is 4.61. The average Bonchev–Trinajstić information content (AvgIpc) is 3.37. The smallest absolute Gasteiger partial charge is 0.174 e. The molecule has 2 saturated heterocycles. The van der Waals surface area contributed by atoms with Crippen molar-refractivity contribution in [1.82, 2.24) is 10.3 Å². The lowest BCUT2D eigenvalue weighted by Gasteiger charge is -2.30. The van der Waals surface area contributed by atoms with E-state index in [1.807, 2.05) is 18.3 Å². The Labute approximate surface area is 186 Å². The molecule has 2 fully saturated rings. The van der Waals surface area contributed by atoms with Gasteiger partial charge in [0, 0.05) is 35.5 Å². The molecule has 2 unspecified atom stereocenters. The quantitative estimate of drug-likeness (QED) is 0.609. The zero-order valence-electron chi connectivity index (χ0n) is 16.8. The van der Waals surface area contributed by atoms with E-state index in [0.29, 0.717) is 0 Å². The van der Waals surface area contributed by atoms with Crippen LogP contribution in [0.3, 0.4) is 0 Å². The van der Waals surface area contributed by atoms with Crippen molar-refractivity contribution in [3.63, 3.8) is 0 Å². The molecule has 4 heterocycles. The van der Waals surface area contributed by atoms with Crippen LogP contribution >= 0.6 is 23.6 Å². The molecule has 1 N–H and O–H groups in total. The third-order valence-corrected chi connectivity index (χ3v) is 7.18. The van der Waals surface area contributed by atoms with Gasteiger partial charge < -0.3 is 19.9 Å². The molecule has 154 valence electrons. The molecule has 2 atom stereocenters. The monoisotopic (exact) mass is 436 g/mol. The number of nitrogens with zero attached hydrogens (tertiary/aromatic N) is 3. The van der Waals surface area contributed by atoms with Crippen LogP contribution in [0.4, 0.5) is 11.4 Å². The Morgan fingerprint density at radius 2 is 1.83 bits per heavy atom. The lowest BCUT2D eigenvalue weighted by Crippen LogP contribution is -2.36. The average molecular weight is 437 g/mol. The normalized spacial score (nSPS) is 21.7. The number of hydrogen-bond donors (Lipinski definition) is 1. The van der Waals surface area contributed by atoms with Gasteiger partial charge in [-0.05, 0) is 72.5 Å². The number of nitrogens with one attached hydrogen (secondary N) is 1. The summed E-state index contributed by atoms with van der Waals surface area (Å²) in [6.45, 7) is 5.60. The summed E-state index contributed by atoms with van der Waals surface area (Å²) in [7, 11) is 0. The molecule has 3 aromatic rings. The molecule has 0 saturated carbocycles. The number of thiocarbonyl (C=S) groups is 1. The molecule has 0 radical (unpaired) electrons. The Hall–Kier alpha value is -2.48. The molecule has 2 aliphatic rings. The summed E-state index contributed by atoms with van der Waals surface area (Å²) in [5.74, 6) is 0. The molecule has 7 heteroatoms. The maximum atomic E-state index is 5.82. The molecule has 0 aliphatic carbocycles. The standard InChI is InChI=1S/C23H24N4OS2/c1-16-9-15-30-22(16)21-20(19-4-2-3-10-24-19)25-23(29)27(21)18-7-5-17(6-8-18)26-11-13-28-14-12-26/h2-10,15,20-21H,11-14H2,1H3,(H,25,29). The van der Waals surface area contributed by atoms with Gasteiger partial charge in [0.2, 0.25) is 0 Å². The predicted molar refractivity (Wildman–Crippen MR) is 126 cm³/mol. The number of morpholine rings is 1. The lowest BCUT2D eigenvalue weighted by atomic mass is 10.0. The number of aryl methyl sites for hydroxylation is 1. The Morgan fingerprint density at radius 3 is 2.50 bits per heavy atom. The third-order valence-electron chi connectivity index (χ3n) is 5.77. The van der Waals surface area contributed by atoms with Crippen LogP contribution in [0.2, 0.25) is 0 Å². The number of thiophene rings is 1. The fourth-order valence-corrected chi connectivity index (χ4v) is 5.63. The maximum Gasteiger partial charge on any atom is 0.174 e. The summed E-state index contributed by atoms with van der Waals surface area (Å²) < 4.78 is 5.48. The maximum absolute atomic E-state index is 5.82. The fraction of sp³-hybridized carbons (Fsp3) is 0.304. The van der Waals surface area contributed by atoms with E-state index in [2.05, 4.69) is 68.8 Å². The van der Waals surface area contributed by atoms with E-state index in [-0.39, 0.29) is 12.1 Å². The van der Waals surface area contributed by atoms with Crippen LogP contribution in [0.5, 0.6) is 0 Å². The third kappa shape index (κ3) is 3.57. The molecule has 0 spiro atoms. The van der Waals surface area contributed by atoms with Crippen LogP contribution in [-0.2, 0) is 4.74 Å². The van der Waals surface area contributed by atoms with Crippen LogP contribution in [0.15, 0.2) is 60.1 Å². The fourth-order valence-electron chi connectivity index (χ4n) is 4.23. The Morgan fingerprint density at radius 1 is 1.07 bits per heavy atom. The van der Waals surface area contributed by atoms with Crippen LogP contribution in [-0.4, -0.2) is 36.4 Å². The summed E-state index contributed by atoms with van der Waals surface area (Å²) in [4.78, 5) is 10.6. The molecule has 5 nitrogen and oxygen atoms in total. The molecule has 0 bridgehead atoms. The van der Waals surface area contributed by atoms with E-state index in [1.165, 1.54) is 16.1 Å². The second-order valence-electron chi connectivity index (χ2n) is 7.58. The second kappa shape index (κ2) is 8.34. The molecule has 5 rings (SSSR count). The Kier molecular flexibility index (Phi) is 5.41. The van der Waals surface area contributed by atoms with Gasteiger partial charge in [-0.2, -0.15) is 0 Å². The van der Waals surface area contributed by atoms with Crippen molar-refractivity contribution < 1.29 is 4.74 Å². The van der Waals surface area contributed by atoms with Crippen molar-refractivity contribution >= 4 is 40.0 Å². The SMILES string of the molecule is Cc1ccsc1C1C(c2ccccn2)NC(=S)N1c1ccc(N2CCOCC2)cc1. The first-order chi connectivity index (χ1) is 14.7. The zero-order chi connectivity index (χ0) is 20.5. The molecule has 2 aliphatic heterocycles. The lowest BCUT2D eigenvalue weighted by molar-refractivity contribution is 0.122. The number of hydrogen-bond acceptors (Lipinski definition) is 5. The zero-order valence-corrected chi connectivity index (χ0v) is 18.5. The minimum Gasteiger partial charge on any atom is -0.378 e. The van der Waals surface area contributed by atoms with Gasteiger partial charge in [-0.3, -0.25) is 4.98 Å². The topological polar surface area (TPSA) is 40.6 Å². The van der Waals surface area contributed by atoms with E-state index >= 15 is 0 Å². The van der Waals surface area contributed by atoms with E-state index in [0.717, 1.165) is 42.8 Å². The van der Waals surface area contributed by atoms with Crippen molar-refractivity contribution in [2.75, 3.05) is 36.1 Å². The summed E-state index contributed by atoms with van der Waals surface area (Å²) in [6, 6.07) is 17.0. The van der Waals surface area contributed by atoms with Gasteiger partial charge in [-0.25, -0.2) is 0 Å². The first-order valence-corrected chi connectivity index (χ1v) is 11.5. The van der Waals surface area contributed by atoms with E-state index in [4.69, 9.17) is 17.0 Å². The minimum atomic E-state index is 0.00923. The number of rotatable bonds is 4. The summed E-state index contributed by atoms with van der Waals surface area (Å²) in [5, 5.41) is 6.43. The van der Waals surface area contributed by atoms with Crippen molar-refractivity contribution in [3.05, 3.63) is 76.2 Å². The second-order valence-corrected chi connectivity index (χ2v) is 8.91. The van der Waals surface area contributed by atoms with Gasteiger partial charge >= 0.3 is 0 Å². The van der Waals surface area contributed by atoms with Gasteiger partial charge in [0.1, 0.15) is 0 Å². The van der Waals surface area contributed by atoms with Crippen molar-refractivity contribution in [3.8, 4) is 0 Å². The van der Waals surface area contributed by atoms with Crippen molar-refractivity contribution in [2.45, 2.75) is 19.0 Å². The highest BCUT2D eigenvalue weighted by molar-refractivity contribution is 7.80. The molecule has 1 aromatic carbocycles. The number of ether oxygens (including phenoxy) is 1. The molecular formula is C23H24N4OS2. The molecular weight excluding hydrogens is 412 g/mol. The highest BCUT2D eigenvalue weighted by Crippen LogP contribution is 2.44. The predicted octanol–water partition coefficient (Wildman–Crippen LogP) is 4.47. The van der Waals surface area contributed by atoms with Crippen LogP contribution in [0.1, 0.15) is 28.2 Å². The van der Waals surface area contributed by atoms with Gasteiger partial charge in [-0.1, -0.05) is 6.07 Å². The van der Waals surface area contributed by atoms with E-state index in [1.54, 1.807) is 11.3 Å². The highest BCUT2D eigenvalue weighted by atomic mass is 32.1. The van der Waals surface area contributed by atoms with Gasteiger partial charge in [0.05, 0.1) is 31.0 Å². The molecule has 0 amide bonds. The first-order valence-electron chi connectivity index (χ1n) is 10.2. The largest absolute Gasteiger partial charge is 0.378 e. The van der Waals surface area contributed by atoms with Crippen LogP contribution in [0.25, 0.3) is 0 Å². The van der Waals surface area contributed by atoms with Gasteiger partial charge in [0.15, 0.2) is 5.11 Å². The summed E-state index contributed by atoms with van der Waals surface area (Å²) >= 11 is 7.60. The Bertz CT molecular complexity index is 1020. The minimum absolute atomic E-state index is 0.00923. The number of anilines is 2. The van der Waals surface area contributed by atoms with Gasteiger partial charge in [0.25, 0.3) is 0 Å². The number of aromatic nitrogens is 1. The van der Waals surface area contributed by atoms with E-state index < -0.39 is 0 Å². The van der Waals surface area contributed by atoms with E-state index in [9.17, 15) is 0 Å². The van der Waals surface area contributed by atoms with Crippen LogP contribution in [0, 0.1) is 6.92 Å².